The zero-order valence-corrected chi connectivity index (χ0v) is 11.2. The summed E-state index contributed by atoms with van der Waals surface area (Å²) in [5, 5.41) is 0. The average Bonchev–Trinajstić information content (AvgIpc) is 2.79. The molecule has 90 valence electrons. The molecule has 1 aromatic heterocycles. The molecule has 0 unspecified atom stereocenters. The number of sulfonamides is 1. The van der Waals surface area contributed by atoms with Crippen LogP contribution in [-0.2, 0) is 16.6 Å². The van der Waals surface area contributed by atoms with Gasteiger partial charge < -0.3 is 5.73 Å². The third-order valence-corrected chi connectivity index (χ3v) is 6.82. The minimum absolute atomic E-state index is 0.399. The van der Waals surface area contributed by atoms with Crippen molar-refractivity contribution < 1.29 is 8.42 Å². The highest BCUT2D eigenvalue weighted by Crippen LogP contribution is 2.26. The molecule has 1 aliphatic rings. The van der Waals surface area contributed by atoms with Crippen LogP contribution in [0.4, 0.5) is 0 Å². The van der Waals surface area contributed by atoms with E-state index >= 15 is 0 Å². The van der Waals surface area contributed by atoms with Crippen LogP contribution >= 0.6 is 23.1 Å². The van der Waals surface area contributed by atoms with Crippen LogP contribution in [0.15, 0.2) is 16.3 Å². The molecule has 1 aliphatic heterocycles. The summed E-state index contributed by atoms with van der Waals surface area (Å²) in [6.07, 6.45) is 0. The number of thiophene rings is 1. The number of hydrogen-bond donors (Lipinski definition) is 1. The van der Waals surface area contributed by atoms with Crippen molar-refractivity contribution in [2.45, 2.75) is 10.8 Å². The van der Waals surface area contributed by atoms with Gasteiger partial charge in [-0.15, -0.1) is 11.3 Å². The number of rotatable bonds is 3. The zero-order chi connectivity index (χ0) is 11.6. The molecular weight excluding hydrogens is 264 g/mol. The lowest BCUT2D eigenvalue weighted by molar-refractivity contribution is 0.445. The van der Waals surface area contributed by atoms with Gasteiger partial charge in [0.25, 0.3) is 10.0 Å². The first-order chi connectivity index (χ1) is 7.64. The molecule has 0 atom stereocenters. The van der Waals surface area contributed by atoms with Crippen LogP contribution in [0.3, 0.4) is 0 Å². The highest BCUT2D eigenvalue weighted by atomic mass is 32.2. The fraction of sp³-hybridized carbons (Fsp3) is 0.556. The van der Waals surface area contributed by atoms with Gasteiger partial charge in [0.2, 0.25) is 0 Å². The van der Waals surface area contributed by atoms with E-state index in [4.69, 9.17) is 5.73 Å². The molecule has 1 saturated heterocycles. The molecule has 2 heterocycles. The standard InChI is InChI=1S/C9H14N2O2S3/c10-7-8-1-2-9(15-8)16(12,13)11-3-5-14-6-4-11/h1-2H,3-7,10H2. The number of nitrogens with zero attached hydrogens (tertiary/aromatic N) is 1. The van der Waals surface area contributed by atoms with Gasteiger partial charge in [0, 0.05) is 36.0 Å². The minimum atomic E-state index is -3.27. The molecule has 0 bridgehead atoms. The maximum Gasteiger partial charge on any atom is 0.252 e. The van der Waals surface area contributed by atoms with Crippen LogP contribution < -0.4 is 5.73 Å². The Hall–Kier alpha value is -0.0800. The molecule has 0 spiro atoms. The second kappa shape index (κ2) is 5.05. The van der Waals surface area contributed by atoms with E-state index in [0.717, 1.165) is 16.4 Å². The fourth-order valence-electron chi connectivity index (χ4n) is 1.52. The number of nitrogens with two attached hydrogens (primary N) is 1. The van der Waals surface area contributed by atoms with Crippen molar-refractivity contribution in [1.29, 1.82) is 0 Å². The Morgan fingerprint density at radius 3 is 2.56 bits per heavy atom. The molecule has 2 N–H and O–H groups in total. The van der Waals surface area contributed by atoms with Crippen molar-refractivity contribution in [3.05, 3.63) is 17.0 Å². The first-order valence-electron chi connectivity index (χ1n) is 5.01. The quantitative estimate of drug-likeness (QED) is 0.894. The van der Waals surface area contributed by atoms with E-state index in [1.807, 2.05) is 0 Å². The van der Waals surface area contributed by atoms with Gasteiger partial charge in [-0.25, -0.2) is 8.42 Å². The van der Waals surface area contributed by atoms with Crippen LogP contribution in [0.1, 0.15) is 4.88 Å². The molecular formula is C9H14N2O2S3. The molecule has 0 saturated carbocycles. The topological polar surface area (TPSA) is 63.4 Å². The van der Waals surface area contributed by atoms with E-state index in [1.54, 1.807) is 28.2 Å². The van der Waals surface area contributed by atoms with Crippen LogP contribution in [0.5, 0.6) is 0 Å². The van der Waals surface area contributed by atoms with Gasteiger partial charge in [-0.05, 0) is 12.1 Å². The van der Waals surface area contributed by atoms with Gasteiger partial charge in [0.1, 0.15) is 4.21 Å². The van der Waals surface area contributed by atoms with E-state index in [2.05, 4.69) is 0 Å². The second-order valence-electron chi connectivity index (χ2n) is 3.44. The lowest BCUT2D eigenvalue weighted by Gasteiger charge is -2.24. The maximum absolute atomic E-state index is 12.2. The SMILES string of the molecule is NCc1ccc(S(=O)(=O)N2CCSCC2)s1. The van der Waals surface area contributed by atoms with E-state index in [0.29, 0.717) is 23.8 Å². The number of hydrogen-bond acceptors (Lipinski definition) is 5. The zero-order valence-electron chi connectivity index (χ0n) is 8.76. The highest BCUT2D eigenvalue weighted by Gasteiger charge is 2.27. The van der Waals surface area contributed by atoms with Gasteiger partial charge >= 0.3 is 0 Å². The lowest BCUT2D eigenvalue weighted by atomic mass is 10.5. The van der Waals surface area contributed by atoms with Crippen molar-refractivity contribution in [3.63, 3.8) is 0 Å². The summed E-state index contributed by atoms with van der Waals surface area (Å²) in [4.78, 5) is 0.907. The Balaban J connectivity index is 2.23. The number of thioether (sulfide) groups is 1. The van der Waals surface area contributed by atoms with Crippen molar-refractivity contribution in [2.24, 2.45) is 5.73 Å². The summed E-state index contributed by atoms with van der Waals surface area (Å²) >= 11 is 3.07. The highest BCUT2D eigenvalue weighted by molar-refractivity contribution is 7.99. The third kappa shape index (κ3) is 2.43. The van der Waals surface area contributed by atoms with Gasteiger partial charge in [-0.3, -0.25) is 0 Å². The Labute approximate surface area is 104 Å². The monoisotopic (exact) mass is 278 g/mol. The van der Waals surface area contributed by atoms with Gasteiger partial charge in [0.15, 0.2) is 0 Å². The Kier molecular flexibility index (Phi) is 3.91. The van der Waals surface area contributed by atoms with E-state index in [1.165, 1.54) is 11.3 Å². The summed E-state index contributed by atoms with van der Waals surface area (Å²) in [6.45, 7) is 1.63. The smallest absolute Gasteiger partial charge is 0.252 e. The van der Waals surface area contributed by atoms with Gasteiger partial charge in [-0.1, -0.05) is 0 Å². The first-order valence-corrected chi connectivity index (χ1v) is 8.42. The molecule has 4 nitrogen and oxygen atoms in total. The molecule has 1 aromatic rings. The summed E-state index contributed by atoms with van der Waals surface area (Å²) in [6, 6.07) is 3.44. The predicted octanol–water partition coefficient (Wildman–Crippen LogP) is 0.944. The maximum atomic E-state index is 12.2. The summed E-state index contributed by atoms with van der Waals surface area (Å²) in [7, 11) is -3.27. The van der Waals surface area contributed by atoms with Crippen molar-refractivity contribution in [2.75, 3.05) is 24.6 Å². The Morgan fingerprint density at radius 1 is 1.31 bits per heavy atom. The minimum Gasteiger partial charge on any atom is -0.326 e. The normalized spacial score (nSPS) is 18.8. The molecule has 7 heteroatoms. The first kappa shape index (κ1) is 12.4. The van der Waals surface area contributed by atoms with E-state index in [-0.39, 0.29) is 0 Å². The van der Waals surface area contributed by atoms with Gasteiger partial charge in [0.05, 0.1) is 0 Å². The lowest BCUT2D eigenvalue weighted by Crippen LogP contribution is -2.37. The Morgan fingerprint density at radius 2 is 2.00 bits per heavy atom. The average molecular weight is 278 g/mol. The molecule has 16 heavy (non-hydrogen) atoms. The van der Waals surface area contributed by atoms with Crippen LogP contribution in [0, 0.1) is 0 Å². The fourth-order valence-corrected chi connectivity index (χ4v) is 5.49. The molecule has 0 aromatic carbocycles. The Bertz CT molecular complexity index is 449. The van der Waals surface area contributed by atoms with Crippen LogP contribution in [0.2, 0.25) is 0 Å². The summed E-state index contributed by atoms with van der Waals surface area (Å²) in [5.41, 5.74) is 5.48. The molecule has 2 rings (SSSR count). The van der Waals surface area contributed by atoms with Crippen LogP contribution in [-0.4, -0.2) is 37.3 Å². The van der Waals surface area contributed by atoms with Crippen molar-refractivity contribution in [1.82, 2.24) is 4.31 Å². The molecule has 0 radical (unpaired) electrons. The summed E-state index contributed by atoms with van der Waals surface area (Å²) < 4.78 is 26.4. The van der Waals surface area contributed by atoms with Crippen molar-refractivity contribution in [3.8, 4) is 0 Å². The van der Waals surface area contributed by atoms with Gasteiger partial charge in [-0.2, -0.15) is 16.1 Å². The third-order valence-electron chi connectivity index (χ3n) is 2.40. The van der Waals surface area contributed by atoms with Crippen molar-refractivity contribution >= 4 is 33.1 Å². The second-order valence-corrected chi connectivity index (χ2v) is 8.00. The summed E-state index contributed by atoms with van der Waals surface area (Å²) in [5.74, 6) is 1.77. The largest absolute Gasteiger partial charge is 0.326 e. The molecule has 1 fully saturated rings. The molecule has 0 amide bonds. The predicted molar refractivity (Wildman–Crippen MR) is 68.3 cm³/mol. The van der Waals surface area contributed by atoms with Crippen LogP contribution in [0.25, 0.3) is 0 Å². The van der Waals surface area contributed by atoms with E-state index in [9.17, 15) is 8.42 Å². The van der Waals surface area contributed by atoms with E-state index < -0.39 is 10.0 Å². The molecule has 0 aliphatic carbocycles.